The average Bonchev–Trinajstić information content (AvgIpc) is 2.64. The quantitative estimate of drug-likeness (QED) is 0.693. The maximum absolute atomic E-state index is 13.8. The van der Waals surface area contributed by atoms with Crippen LogP contribution in [0, 0.1) is 18.6 Å². The second kappa shape index (κ2) is 7.99. The van der Waals surface area contributed by atoms with Gasteiger partial charge in [-0.2, -0.15) is 0 Å². The zero-order chi connectivity index (χ0) is 20.3. The van der Waals surface area contributed by atoms with Crippen molar-refractivity contribution in [3.63, 3.8) is 0 Å². The van der Waals surface area contributed by atoms with Crippen LogP contribution in [0.25, 0.3) is 0 Å². The molecule has 28 heavy (non-hydrogen) atoms. The zero-order valence-electron chi connectivity index (χ0n) is 15.6. The Morgan fingerprint density at radius 2 is 1.64 bits per heavy atom. The van der Waals surface area contributed by atoms with E-state index in [2.05, 4.69) is 20.6 Å². The van der Waals surface area contributed by atoms with E-state index in [0.29, 0.717) is 5.69 Å². The Kier molecular flexibility index (Phi) is 5.49. The molecule has 1 amide bonds. The molecule has 3 aromatic rings. The summed E-state index contributed by atoms with van der Waals surface area (Å²) in [5, 5.41) is 5.24. The van der Waals surface area contributed by atoms with Crippen LogP contribution >= 0.6 is 0 Å². The third kappa shape index (κ3) is 4.40. The fraction of sp³-hybridized carbons (Fsp3) is 0.150. The number of amides is 1. The molecule has 2 N–H and O–H groups in total. The molecule has 0 aliphatic rings. The molecule has 0 fully saturated rings. The van der Waals surface area contributed by atoms with Gasteiger partial charge in [-0.15, -0.1) is 0 Å². The topological polar surface area (TPSA) is 70.2 Å². The standard InChI is InChI=1S/C20H19F2N5O/c1-12-11-17(19(28)26-18-15(21)5-4-6-16(18)22)25-20(23-12)24-13-7-9-14(10-8-13)27(2)3/h4-11H,1-3H3,(H,26,28)(H,23,24,25). The molecule has 0 bridgehead atoms. The highest BCUT2D eigenvalue weighted by Gasteiger charge is 2.16. The van der Waals surface area contributed by atoms with Crippen LogP contribution < -0.4 is 15.5 Å². The molecule has 1 aromatic heterocycles. The van der Waals surface area contributed by atoms with Gasteiger partial charge < -0.3 is 15.5 Å². The number of rotatable bonds is 5. The van der Waals surface area contributed by atoms with Crippen molar-refractivity contribution in [1.82, 2.24) is 9.97 Å². The average molecular weight is 383 g/mol. The van der Waals surface area contributed by atoms with E-state index in [9.17, 15) is 13.6 Å². The molecule has 0 aliphatic heterocycles. The SMILES string of the molecule is Cc1cc(C(=O)Nc2c(F)cccc2F)nc(Nc2ccc(N(C)C)cc2)n1. The predicted molar refractivity (Wildman–Crippen MR) is 105 cm³/mol. The van der Waals surface area contributed by atoms with E-state index in [4.69, 9.17) is 0 Å². The lowest BCUT2D eigenvalue weighted by Crippen LogP contribution is -2.17. The maximum atomic E-state index is 13.8. The molecule has 0 aliphatic carbocycles. The van der Waals surface area contributed by atoms with Crippen LogP contribution in [0.4, 0.5) is 31.8 Å². The molecule has 144 valence electrons. The number of benzene rings is 2. The van der Waals surface area contributed by atoms with E-state index >= 15 is 0 Å². The number of halogens is 2. The number of hydrogen-bond donors (Lipinski definition) is 2. The molecular formula is C20H19F2N5O. The highest BCUT2D eigenvalue weighted by atomic mass is 19.1. The first kappa shape index (κ1) is 19.2. The van der Waals surface area contributed by atoms with E-state index in [1.165, 1.54) is 12.1 Å². The molecular weight excluding hydrogens is 364 g/mol. The van der Waals surface area contributed by atoms with Gasteiger partial charge in [0.25, 0.3) is 5.91 Å². The van der Waals surface area contributed by atoms with Gasteiger partial charge in [-0.3, -0.25) is 4.79 Å². The van der Waals surface area contributed by atoms with E-state index in [-0.39, 0.29) is 11.6 Å². The molecule has 1 heterocycles. The number of aryl methyl sites for hydroxylation is 1. The highest BCUT2D eigenvalue weighted by Crippen LogP contribution is 2.21. The van der Waals surface area contributed by atoms with Crippen molar-refractivity contribution in [2.45, 2.75) is 6.92 Å². The number of hydrogen-bond acceptors (Lipinski definition) is 5. The normalized spacial score (nSPS) is 10.5. The van der Waals surface area contributed by atoms with Crippen molar-refractivity contribution >= 4 is 28.9 Å². The fourth-order valence-corrected chi connectivity index (χ4v) is 2.51. The van der Waals surface area contributed by atoms with Crippen LogP contribution in [-0.4, -0.2) is 30.0 Å². The van der Waals surface area contributed by atoms with Gasteiger partial charge in [0.15, 0.2) is 0 Å². The summed E-state index contributed by atoms with van der Waals surface area (Å²) in [6.07, 6.45) is 0. The van der Waals surface area contributed by atoms with E-state index in [1.807, 2.05) is 43.3 Å². The van der Waals surface area contributed by atoms with Crippen molar-refractivity contribution in [3.05, 3.63) is 71.6 Å². The van der Waals surface area contributed by atoms with Crippen molar-refractivity contribution in [2.24, 2.45) is 0 Å². The van der Waals surface area contributed by atoms with Crippen LogP contribution in [0.15, 0.2) is 48.5 Å². The third-order valence-electron chi connectivity index (χ3n) is 3.93. The van der Waals surface area contributed by atoms with E-state index < -0.39 is 23.2 Å². The highest BCUT2D eigenvalue weighted by molar-refractivity contribution is 6.03. The maximum Gasteiger partial charge on any atom is 0.274 e. The Hall–Kier alpha value is -3.55. The van der Waals surface area contributed by atoms with Gasteiger partial charge in [0, 0.05) is 31.2 Å². The number of carbonyl (C=O) groups is 1. The second-order valence-corrected chi connectivity index (χ2v) is 6.34. The molecule has 0 unspecified atom stereocenters. The monoisotopic (exact) mass is 383 g/mol. The molecule has 0 radical (unpaired) electrons. The Bertz CT molecular complexity index is 986. The summed E-state index contributed by atoms with van der Waals surface area (Å²) < 4.78 is 27.5. The second-order valence-electron chi connectivity index (χ2n) is 6.34. The number of anilines is 4. The fourth-order valence-electron chi connectivity index (χ4n) is 2.51. The van der Waals surface area contributed by atoms with Gasteiger partial charge in [-0.1, -0.05) is 6.07 Å². The molecule has 6 nitrogen and oxygen atoms in total. The molecule has 0 spiro atoms. The van der Waals surface area contributed by atoms with E-state index in [0.717, 1.165) is 23.5 Å². The number of aromatic nitrogens is 2. The first-order chi connectivity index (χ1) is 13.3. The Morgan fingerprint density at radius 3 is 2.25 bits per heavy atom. The van der Waals surface area contributed by atoms with Crippen molar-refractivity contribution in [2.75, 3.05) is 29.6 Å². The minimum atomic E-state index is -0.863. The van der Waals surface area contributed by atoms with Crippen molar-refractivity contribution < 1.29 is 13.6 Å². The van der Waals surface area contributed by atoms with Gasteiger partial charge >= 0.3 is 0 Å². The predicted octanol–water partition coefficient (Wildman–Crippen LogP) is 4.13. The number of para-hydroxylation sites is 1. The van der Waals surface area contributed by atoms with Crippen LogP contribution in [0.3, 0.4) is 0 Å². The van der Waals surface area contributed by atoms with Crippen molar-refractivity contribution in [1.29, 1.82) is 0 Å². The zero-order valence-corrected chi connectivity index (χ0v) is 15.6. The Labute approximate surface area is 161 Å². The van der Waals surface area contributed by atoms with Crippen LogP contribution in [0.1, 0.15) is 16.2 Å². The number of nitrogens with one attached hydrogen (secondary N) is 2. The molecule has 3 rings (SSSR count). The lowest BCUT2D eigenvalue weighted by Gasteiger charge is -2.13. The minimum Gasteiger partial charge on any atom is -0.378 e. The smallest absolute Gasteiger partial charge is 0.274 e. The summed E-state index contributed by atoms with van der Waals surface area (Å²) in [6.45, 7) is 1.70. The Balaban J connectivity index is 1.81. The largest absolute Gasteiger partial charge is 0.378 e. The van der Waals surface area contributed by atoms with Gasteiger partial charge in [0.1, 0.15) is 23.0 Å². The van der Waals surface area contributed by atoms with Crippen LogP contribution in [0.5, 0.6) is 0 Å². The number of carbonyl (C=O) groups excluding carboxylic acids is 1. The summed E-state index contributed by atoms with van der Waals surface area (Å²) >= 11 is 0. The first-order valence-corrected chi connectivity index (χ1v) is 8.49. The lowest BCUT2D eigenvalue weighted by atomic mass is 10.2. The molecule has 0 saturated heterocycles. The Morgan fingerprint density at radius 1 is 1.00 bits per heavy atom. The lowest BCUT2D eigenvalue weighted by molar-refractivity contribution is 0.102. The van der Waals surface area contributed by atoms with E-state index in [1.54, 1.807) is 6.92 Å². The molecule has 8 heteroatoms. The van der Waals surface area contributed by atoms with Gasteiger partial charge in [-0.25, -0.2) is 18.7 Å². The van der Waals surface area contributed by atoms with Gasteiger partial charge in [0.2, 0.25) is 5.95 Å². The summed E-state index contributed by atoms with van der Waals surface area (Å²) in [4.78, 5) is 22.8. The van der Waals surface area contributed by atoms with Crippen LogP contribution in [0.2, 0.25) is 0 Å². The van der Waals surface area contributed by atoms with Crippen molar-refractivity contribution in [3.8, 4) is 0 Å². The molecule has 0 saturated carbocycles. The summed E-state index contributed by atoms with van der Waals surface area (Å²) in [6, 6.07) is 12.3. The van der Waals surface area contributed by atoms with Gasteiger partial charge in [-0.05, 0) is 49.4 Å². The molecule has 0 atom stereocenters. The summed E-state index contributed by atoms with van der Waals surface area (Å²) in [5.74, 6) is -2.26. The first-order valence-electron chi connectivity index (χ1n) is 8.49. The summed E-state index contributed by atoms with van der Waals surface area (Å²) in [7, 11) is 3.88. The molecule has 2 aromatic carbocycles. The summed E-state index contributed by atoms with van der Waals surface area (Å²) in [5.41, 5.74) is 1.77. The van der Waals surface area contributed by atoms with Crippen LogP contribution in [-0.2, 0) is 0 Å². The third-order valence-corrected chi connectivity index (χ3v) is 3.93. The number of nitrogens with zero attached hydrogens (tertiary/aromatic N) is 3. The minimum absolute atomic E-state index is 0.0115. The van der Waals surface area contributed by atoms with Gasteiger partial charge in [0.05, 0.1) is 0 Å².